The molecule has 0 aliphatic carbocycles. The summed E-state index contributed by atoms with van der Waals surface area (Å²) < 4.78 is 18.8. The number of carbonyl (C=O) groups excluding carboxylic acids is 2. The van der Waals surface area contributed by atoms with Gasteiger partial charge in [-0.1, -0.05) is 19.9 Å². The molecule has 28 heavy (non-hydrogen) atoms. The van der Waals surface area contributed by atoms with Crippen LogP contribution in [0.5, 0.6) is 5.75 Å². The Kier molecular flexibility index (Phi) is 8.23. The van der Waals surface area contributed by atoms with Crippen LogP contribution in [0.15, 0.2) is 24.3 Å². The molecule has 0 unspecified atom stereocenters. The number of rotatable bonds is 8. The number of hydrogen-bond donors (Lipinski definition) is 2. The number of carbonyl (C=O) groups is 2. The summed E-state index contributed by atoms with van der Waals surface area (Å²) in [6, 6.07) is 4.98. The predicted molar refractivity (Wildman–Crippen MR) is 104 cm³/mol. The largest absolute Gasteiger partial charge is 0.481 e. The van der Waals surface area contributed by atoms with E-state index < -0.39 is 23.9 Å². The summed E-state index contributed by atoms with van der Waals surface area (Å²) in [6.07, 6.45) is 1.20. The van der Waals surface area contributed by atoms with E-state index in [9.17, 15) is 19.1 Å². The van der Waals surface area contributed by atoms with E-state index in [1.54, 1.807) is 17.9 Å². The molecule has 1 aromatic carbocycles. The minimum atomic E-state index is -0.857. The Hall–Kier alpha value is -2.15. The van der Waals surface area contributed by atoms with Crippen molar-refractivity contribution in [1.82, 2.24) is 10.2 Å². The van der Waals surface area contributed by atoms with Gasteiger partial charge in [0.05, 0.1) is 0 Å². The number of hydrogen-bond acceptors (Lipinski definition) is 4. The Morgan fingerprint density at radius 1 is 1.29 bits per heavy atom. The fraction of sp³-hybridized carbons (Fsp3) is 0.619. The summed E-state index contributed by atoms with van der Waals surface area (Å²) in [5.74, 6) is -0.222. The minimum absolute atomic E-state index is 0.101. The molecular formula is C21H31FN2O4. The Bertz CT molecular complexity index is 660. The van der Waals surface area contributed by atoms with Crippen LogP contribution in [0, 0.1) is 17.7 Å². The smallest absolute Gasteiger partial charge is 0.261 e. The molecule has 2 amide bonds. The molecule has 2 atom stereocenters. The van der Waals surface area contributed by atoms with Gasteiger partial charge in [0.1, 0.15) is 17.6 Å². The highest BCUT2D eigenvalue weighted by Crippen LogP contribution is 2.19. The van der Waals surface area contributed by atoms with E-state index in [1.165, 1.54) is 18.2 Å². The standard InChI is InChI=1S/C21H31FN2O4/c1-14(2)11-19(21(27)24-9-7-16(13-25)8-10-24)23-20(26)15(3)28-18-6-4-5-17(22)12-18/h4-6,12,14-16,19,25H,7-11,13H2,1-3H3,(H,23,26)/t15-,19-/m0/s1. The van der Waals surface area contributed by atoms with Crippen LogP contribution < -0.4 is 10.1 Å². The van der Waals surface area contributed by atoms with Gasteiger partial charge in [0.2, 0.25) is 5.91 Å². The molecule has 0 radical (unpaired) electrons. The Morgan fingerprint density at radius 2 is 1.96 bits per heavy atom. The molecule has 1 aromatic rings. The highest BCUT2D eigenvalue weighted by atomic mass is 19.1. The molecule has 1 fully saturated rings. The van der Waals surface area contributed by atoms with Crippen LogP contribution in [-0.4, -0.2) is 53.7 Å². The lowest BCUT2D eigenvalue weighted by Gasteiger charge is -2.34. The molecule has 6 nitrogen and oxygen atoms in total. The van der Waals surface area contributed by atoms with Crippen molar-refractivity contribution in [1.29, 1.82) is 0 Å². The zero-order valence-electron chi connectivity index (χ0n) is 16.9. The van der Waals surface area contributed by atoms with Crippen molar-refractivity contribution in [3.63, 3.8) is 0 Å². The van der Waals surface area contributed by atoms with E-state index >= 15 is 0 Å². The molecule has 1 saturated heterocycles. The van der Waals surface area contributed by atoms with E-state index in [2.05, 4.69) is 5.32 Å². The maximum Gasteiger partial charge on any atom is 0.261 e. The van der Waals surface area contributed by atoms with Crippen LogP contribution in [0.25, 0.3) is 0 Å². The Labute approximate surface area is 166 Å². The van der Waals surface area contributed by atoms with Gasteiger partial charge in [-0.05, 0) is 50.2 Å². The van der Waals surface area contributed by atoms with Crippen LogP contribution in [0.1, 0.15) is 40.0 Å². The van der Waals surface area contributed by atoms with Crippen LogP contribution in [0.2, 0.25) is 0 Å². The van der Waals surface area contributed by atoms with Gasteiger partial charge in [-0.2, -0.15) is 0 Å². The number of nitrogens with one attached hydrogen (secondary N) is 1. The first-order valence-electron chi connectivity index (χ1n) is 9.92. The van der Waals surface area contributed by atoms with Gasteiger partial charge in [0.15, 0.2) is 6.10 Å². The van der Waals surface area contributed by atoms with Gasteiger partial charge in [-0.15, -0.1) is 0 Å². The molecule has 0 spiro atoms. The summed E-state index contributed by atoms with van der Waals surface area (Å²) in [5.41, 5.74) is 0. The first kappa shape index (κ1) is 22.1. The van der Waals surface area contributed by atoms with Crippen LogP contribution in [-0.2, 0) is 9.59 Å². The van der Waals surface area contributed by atoms with Crippen LogP contribution in [0.4, 0.5) is 4.39 Å². The Balaban J connectivity index is 1.98. The Morgan fingerprint density at radius 3 is 2.54 bits per heavy atom. The number of aliphatic hydroxyl groups excluding tert-OH is 1. The summed E-state index contributed by atoms with van der Waals surface area (Å²) in [6.45, 7) is 6.88. The number of amides is 2. The van der Waals surface area contributed by atoms with Crippen molar-refractivity contribution in [2.75, 3.05) is 19.7 Å². The third-order valence-electron chi connectivity index (χ3n) is 4.98. The predicted octanol–water partition coefficient (Wildman–Crippen LogP) is 2.35. The molecule has 0 aromatic heterocycles. The second-order valence-electron chi connectivity index (χ2n) is 7.86. The van der Waals surface area contributed by atoms with E-state index in [0.717, 1.165) is 12.8 Å². The normalized spacial score (nSPS) is 17.3. The van der Waals surface area contributed by atoms with Crippen molar-refractivity contribution < 1.29 is 23.8 Å². The van der Waals surface area contributed by atoms with Crippen LogP contribution in [0.3, 0.4) is 0 Å². The molecule has 7 heteroatoms. The van der Waals surface area contributed by atoms with E-state index in [4.69, 9.17) is 4.74 Å². The second-order valence-corrected chi connectivity index (χ2v) is 7.86. The highest BCUT2D eigenvalue weighted by Gasteiger charge is 2.31. The monoisotopic (exact) mass is 394 g/mol. The third kappa shape index (κ3) is 6.48. The second kappa shape index (κ2) is 10.4. The first-order chi connectivity index (χ1) is 13.3. The number of benzene rings is 1. The number of likely N-dealkylation sites (tertiary alicyclic amines) is 1. The number of piperidine rings is 1. The molecule has 1 aliphatic rings. The summed E-state index contributed by atoms with van der Waals surface area (Å²) in [7, 11) is 0. The van der Waals surface area contributed by atoms with Crippen LogP contribution >= 0.6 is 0 Å². The van der Waals surface area contributed by atoms with Gasteiger partial charge in [0, 0.05) is 25.8 Å². The summed E-state index contributed by atoms with van der Waals surface area (Å²) >= 11 is 0. The molecule has 1 heterocycles. The topological polar surface area (TPSA) is 78.9 Å². The molecule has 2 N–H and O–H groups in total. The van der Waals surface area contributed by atoms with Gasteiger partial charge in [0.25, 0.3) is 5.91 Å². The van der Waals surface area contributed by atoms with E-state index in [1.807, 2.05) is 13.8 Å². The molecule has 2 rings (SSSR count). The average Bonchev–Trinajstić information content (AvgIpc) is 2.66. The fourth-order valence-corrected chi connectivity index (χ4v) is 3.34. The van der Waals surface area contributed by atoms with Gasteiger partial charge < -0.3 is 20.1 Å². The third-order valence-corrected chi connectivity index (χ3v) is 4.98. The lowest BCUT2D eigenvalue weighted by atomic mass is 9.96. The van der Waals surface area contributed by atoms with Gasteiger partial charge >= 0.3 is 0 Å². The maximum atomic E-state index is 13.3. The van der Waals surface area contributed by atoms with Gasteiger partial charge in [-0.3, -0.25) is 9.59 Å². The molecule has 156 valence electrons. The molecule has 1 aliphatic heterocycles. The average molecular weight is 394 g/mol. The molecule has 0 bridgehead atoms. The number of halogens is 1. The number of ether oxygens (including phenoxy) is 1. The van der Waals surface area contributed by atoms with Crippen molar-refractivity contribution in [3.8, 4) is 5.75 Å². The number of nitrogens with zero attached hydrogens (tertiary/aromatic N) is 1. The van der Waals surface area contributed by atoms with Crippen molar-refractivity contribution >= 4 is 11.8 Å². The molecular weight excluding hydrogens is 363 g/mol. The first-order valence-corrected chi connectivity index (χ1v) is 9.92. The zero-order valence-corrected chi connectivity index (χ0v) is 16.9. The zero-order chi connectivity index (χ0) is 20.7. The van der Waals surface area contributed by atoms with Crippen molar-refractivity contribution in [2.24, 2.45) is 11.8 Å². The summed E-state index contributed by atoms with van der Waals surface area (Å²) in [5, 5.41) is 12.1. The maximum absolute atomic E-state index is 13.3. The quantitative estimate of drug-likeness (QED) is 0.709. The minimum Gasteiger partial charge on any atom is -0.481 e. The lowest BCUT2D eigenvalue weighted by molar-refractivity contribution is -0.139. The lowest BCUT2D eigenvalue weighted by Crippen LogP contribution is -2.53. The summed E-state index contributed by atoms with van der Waals surface area (Å²) in [4.78, 5) is 27.3. The van der Waals surface area contributed by atoms with Crippen molar-refractivity contribution in [2.45, 2.75) is 52.2 Å². The van der Waals surface area contributed by atoms with E-state index in [-0.39, 0.29) is 30.1 Å². The highest BCUT2D eigenvalue weighted by molar-refractivity contribution is 5.89. The molecule has 0 saturated carbocycles. The van der Waals surface area contributed by atoms with E-state index in [0.29, 0.717) is 19.5 Å². The fourth-order valence-electron chi connectivity index (χ4n) is 3.34. The SMILES string of the molecule is CC(C)C[C@H](NC(=O)[C@H](C)Oc1cccc(F)c1)C(=O)N1CCC(CO)CC1. The van der Waals surface area contributed by atoms with Gasteiger partial charge in [-0.25, -0.2) is 4.39 Å². The van der Waals surface area contributed by atoms with Crippen molar-refractivity contribution in [3.05, 3.63) is 30.1 Å². The number of aliphatic hydroxyl groups is 1.